The number of aryl methyl sites for hydroxylation is 1. The number of fused-ring (bicyclic) bond motifs is 4. The molecule has 6 heteroatoms. The lowest BCUT2D eigenvalue weighted by Gasteiger charge is -2.35. The van der Waals surface area contributed by atoms with Crippen molar-refractivity contribution < 1.29 is 12.8 Å². The first kappa shape index (κ1) is 14.9. The molecule has 0 aliphatic carbocycles. The monoisotopic (exact) mass is 312 g/mol. The SMILES string of the molecule is Cc1ccc(S(=O)(=O)N2C[C@@H]3CC[C@H]2CN(C)C3)cc1F. The van der Waals surface area contributed by atoms with Crippen molar-refractivity contribution in [2.45, 2.75) is 30.7 Å². The number of hydrogen-bond acceptors (Lipinski definition) is 3. The fourth-order valence-electron chi connectivity index (χ4n) is 3.44. The van der Waals surface area contributed by atoms with E-state index in [2.05, 4.69) is 4.90 Å². The van der Waals surface area contributed by atoms with Gasteiger partial charge in [-0.15, -0.1) is 0 Å². The molecule has 3 saturated heterocycles. The van der Waals surface area contributed by atoms with Crippen molar-refractivity contribution in [3.05, 3.63) is 29.6 Å². The van der Waals surface area contributed by atoms with Gasteiger partial charge in [0, 0.05) is 25.7 Å². The molecule has 1 aromatic rings. The lowest BCUT2D eigenvalue weighted by molar-refractivity contribution is 0.229. The highest BCUT2D eigenvalue weighted by atomic mass is 32.2. The van der Waals surface area contributed by atoms with Crippen LogP contribution in [0.3, 0.4) is 0 Å². The lowest BCUT2D eigenvalue weighted by Crippen LogP contribution is -2.47. The second-order valence-electron chi connectivity index (χ2n) is 6.30. The van der Waals surface area contributed by atoms with Gasteiger partial charge in [0.2, 0.25) is 10.0 Å². The molecular formula is C15H21FN2O2S. The average Bonchev–Trinajstić information content (AvgIpc) is 2.70. The summed E-state index contributed by atoms with van der Waals surface area (Å²) in [7, 11) is -1.58. The van der Waals surface area contributed by atoms with E-state index in [0.29, 0.717) is 18.0 Å². The highest BCUT2D eigenvalue weighted by Crippen LogP contribution is 2.32. The van der Waals surface area contributed by atoms with Crippen LogP contribution >= 0.6 is 0 Å². The highest BCUT2D eigenvalue weighted by Gasteiger charge is 2.40. The Morgan fingerprint density at radius 1 is 1.19 bits per heavy atom. The summed E-state index contributed by atoms with van der Waals surface area (Å²) in [5.74, 6) is -0.0907. The predicted octanol–water partition coefficient (Wildman–Crippen LogP) is 1.85. The van der Waals surface area contributed by atoms with Crippen LogP contribution in [0, 0.1) is 18.7 Å². The molecule has 0 spiro atoms. The van der Waals surface area contributed by atoms with Gasteiger partial charge >= 0.3 is 0 Å². The van der Waals surface area contributed by atoms with Crippen LogP contribution < -0.4 is 0 Å². The third kappa shape index (κ3) is 2.72. The molecule has 4 rings (SSSR count). The first-order valence-electron chi connectivity index (χ1n) is 7.34. The van der Waals surface area contributed by atoms with Gasteiger partial charge in [-0.2, -0.15) is 4.31 Å². The van der Waals surface area contributed by atoms with Gasteiger partial charge in [-0.25, -0.2) is 12.8 Å². The van der Waals surface area contributed by atoms with E-state index in [-0.39, 0.29) is 10.9 Å². The first-order chi connectivity index (χ1) is 9.88. The summed E-state index contributed by atoms with van der Waals surface area (Å²) in [5, 5.41) is 0. The van der Waals surface area contributed by atoms with Gasteiger partial charge in [-0.05, 0) is 50.4 Å². The summed E-state index contributed by atoms with van der Waals surface area (Å²) in [6.07, 6.45) is 1.96. The Labute approximate surface area is 125 Å². The molecule has 1 aromatic carbocycles. The fourth-order valence-corrected chi connectivity index (χ4v) is 5.17. The van der Waals surface area contributed by atoms with E-state index in [1.807, 2.05) is 7.05 Å². The summed E-state index contributed by atoms with van der Waals surface area (Å²) in [4.78, 5) is 2.27. The maximum Gasteiger partial charge on any atom is 0.243 e. The van der Waals surface area contributed by atoms with Crippen LogP contribution in [0.15, 0.2) is 23.1 Å². The number of hydrogen-bond donors (Lipinski definition) is 0. The van der Waals surface area contributed by atoms with Gasteiger partial charge in [-0.3, -0.25) is 0 Å². The van der Waals surface area contributed by atoms with Crippen LogP contribution in [0.1, 0.15) is 18.4 Å². The molecule has 0 aromatic heterocycles. The third-order valence-electron chi connectivity index (χ3n) is 4.60. The van der Waals surface area contributed by atoms with Crippen LogP contribution in [0.5, 0.6) is 0 Å². The molecule has 0 N–H and O–H groups in total. The largest absolute Gasteiger partial charge is 0.304 e. The molecular weight excluding hydrogens is 291 g/mol. The van der Waals surface area contributed by atoms with Gasteiger partial charge in [-0.1, -0.05) is 6.07 Å². The third-order valence-corrected chi connectivity index (χ3v) is 6.51. The molecule has 3 heterocycles. The average molecular weight is 312 g/mol. The van der Waals surface area contributed by atoms with Crippen molar-refractivity contribution in [3.63, 3.8) is 0 Å². The van der Waals surface area contributed by atoms with Crippen LogP contribution in [0.2, 0.25) is 0 Å². The van der Waals surface area contributed by atoms with Gasteiger partial charge < -0.3 is 4.90 Å². The minimum Gasteiger partial charge on any atom is -0.304 e. The minimum atomic E-state index is -3.61. The van der Waals surface area contributed by atoms with E-state index < -0.39 is 15.8 Å². The number of likely N-dealkylation sites (N-methyl/N-ethyl adjacent to an activating group) is 1. The summed E-state index contributed by atoms with van der Waals surface area (Å²) in [6, 6.07) is 4.19. The standard InChI is InChI=1S/C15H21FN2O2S/c1-11-3-6-14(7-15(11)16)21(19,20)18-9-12-4-5-13(18)10-17(2)8-12/h3,6-7,12-13H,4-5,8-10H2,1-2H3/t12-,13+/m1/s1. The van der Waals surface area contributed by atoms with E-state index in [9.17, 15) is 12.8 Å². The Balaban J connectivity index is 1.96. The van der Waals surface area contributed by atoms with E-state index in [1.165, 1.54) is 12.1 Å². The smallest absolute Gasteiger partial charge is 0.243 e. The Bertz CT molecular complexity index is 647. The molecule has 0 saturated carbocycles. The summed E-state index contributed by atoms with van der Waals surface area (Å²) in [6.45, 7) is 3.87. The molecule has 2 atom stereocenters. The van der Waals surface area contributed by atoms with Gasteiger partial charge in [0.1, 0.15) is 5.82 Å². The molecule has 116 valence electrons. The quantitative estimate of drug-likeness (QED) is 0.837. The molecule has 0 amide bonds. The fraction of sp³-hybridized carbons (Fsp3) is 0.600. The number of rotatable bonds is 2. The lowest BCUT2D eigenvalue weighted by atomic mass is 9.97. The zero-order chi connectivity index (χ0) is 15.2. The van der Waals surface area contributed by atoms with Crippen LogP contribution in [-0.2, 0) is 10.0 Å². The Kier molecular flexibility index (Phi) is 3.80. The maximum absolute atomic E-state index is 13.7. The first-order valence-corrected chi connectivity index (χ1v) is 8.78. The molecule has 0 unspecified atom stereocenters. The van der Waals surface area contributed by atoms with E-state index in [0.717, 1.165) is 32.0 Å². The van der Waals surface area contributed by atoms with Crippen molar-refractivity contribution in [2.75, 3.05) is 26.7 Å². The molecule has 3 aliphatic rings. The van der Waals surface area contributed by atoms with E-state index in [4.69, 9.17) is 0 Å². The molecule has 3 fully saturated rings. The zero-order valence-corrected chi connectivity index (χ0v) is 13.2. The van der Waals surface area contributed by atoms with Gasteiger partial charge in [0.05, 0.1) is 4.90 Å². The van der Waals surface area contributed by atoms with Crippen LogP contribution in [0.25, 0.3) is 0 Å². The van der Waals surface area contributed by atoms with E-state index in [1.54, 1.807) is 11.2 Å². The van der Waals surface area contributed by atoms with Crippen molar-refractivity contribution in [2.24, 2.45) is 5.92 Å². The number of piperidine rings is 1. The van der Waals surface area contributed by atoms with Crippen molar-refractivity contribution in [1.29, 1.82) is 0 Å². The maximum atomic E-state index is 13.7. The second kappa shape index (κ2) is 5.34. The molecule has 21 heavy (non-hydrogen) atoms. The minimum absolute atomic E-state index is 0.00288. The Morgan fingerprint density at radius 3 is 2.67 bits per heavy atom. The highest BCUT2D eigenvalue weighted by molar-refractivity contribution is 7.89. The van der Waals surface area contributed by atoms with Crippen LogP contribution in [0.4, 0.5) is 4.39 Å². The van der Waals surface area contributed by atoms with Gasteiger partial charge in [0.15, 0.2) is 0 Å². The van der Waals surface area contributed by atoms with Crippen LogP contribution in [-0.4, -0.2) is 50.3 Å². The number of nitrogens with zero attached hydrogens (tertiary/aromatic N) is 2. The van der Waals surface area contributed by atoms with E-state index >= 15 is 0 Å². The second-order valence-corrected chi connectivity index (χ2v) is 8.19. The molecule has 2 bridgehead atoms. The molecule has 0 radical (unpaired) electrons. The normalized spacial score (nSPS) is 27.8. The van der Waals surface area contributed by atoms with Gasteiger partial charge in [0.25, 0.3) is 0 Å². The van der Waals surface area contributed by atoms with Crippen molar-refractivity contribution >= 4 is 10.0 Å². The molecule has 3 aliphatic heterocycles. The summed E-state index contributed by atoms with van der Waals surface area (Å²) >= 11 is 0. The number of halogens is 1. The Morgan fingerprint density at radius 2 is 1.95 bits per heavy atom. The van der Waals surface area contributed by atoms with Crippen molar-refractivity contribution in [1.82, 2.24) is 9.21 Å². The summed E-state index contributed by atoms with van der Waals surface area (Å²) in [5.41, 5.74) is 0.464. The van der Waals surface area contributed by atoms with Crippen molar-refractivity contribution in [3.8, 4) is 0 Å². The molecule has 4 nitrogen and oxygen atoms in total. The zero-order valence-electron chi connectivity index (χ0n) is 12.4. The number of benzene rings is 1. The topological polar surface area (TPSA) is 40.6 Å². The Hall–Kier alpha value is -0.980. The summed E-state index contributed by atoms with van der Waals surface area (Å²) < 4.78 is 41.0. The number of sulfonamides is 1. The predicted molar refractivity (Wildman–Crippen MR) is 79.0 cm³/mol.